The number of hydrogen-bond donors (Lipinski definition) is 1. The van der Waals surface area contributed by atoms with Gasteiger partial charge in [0.25, 0.3) is 0 Å². The number of rotatable bonds is 3. The van der Waals surface area contributed by atoms with Crippen LogP contribution in [0.2, 0.25) is 0 Å². The first-order valence-corrected chi connectivity index (χ1v) is 7.33. The molecule has 1 aromatic rings. The lowest BCUT2D eigenvalue weighted by atomic mass is 9.70. The fourth-order valence-corrected chi connectivity index (χ4v) is 2.63. The van der Waals surface area contributed by atoms with Gasteiger partial charge in [-0.15, -0.1) is 0 Å². The van der Waals surface area contributed by atoms with Crippen molar-refractivity contribution in [1.82, 2.24) is 10.1 Å². The Labute approximate surface area is 121 Å². The van der Waals surface area contributed by atoms with Crippen LogP contribution in [0.3, 0.4) is 0 Å². The van der Waals surface area contributed by atoms with Crippen LogP contribution < -0.4 is 5.32 Å². The fraction of sp³-hybridized carbons (Fsp3) is 0.867. The Hall–Kier alpha value is -1.10. The lowest BCUT2D eigenvalue weighted by Gasteiger charge is -2.40. The Kier molecular flexibility index (Phi) is 3.84. The molecule has 0 radical (unpaired) electrons. The summed E-state index contributed by atoms with van der Waals surface area (Å²) in [6.07, 6.45) is 4.09. The largest absolute Gasteiger partial charge is 0.370 e. The highest BCUT2D eigenvalue weighted by Crippen LogP contribution is 2.46. The summed E-state index contributed by atoms with van der Waals surface area (Å²) >= 11 is 0. The number of aromatic nitrogens is 2. The average Bonchev–Trinajstić information content (AvgIpc) is 2.76. The van der Waals surface area contributed by atoms with Crippen LogP contribution in [-0.2, 0) is 10.3 Å². The molecule has 1 heterocycles. The van der Waals surface area contributed by atoms with Crippen molar-refractivity contribution >= 4 is 6.01 Å². The molecule has 114 valence electrons. The summed E-state index contributed by atoms with van der Waals surface area (Å²) in [4.78, 5) is 4.50. The van der Waals surface area contributed by atoms with Gasteiger partial charge in [-0.25, -0.2) is 0 Å². The predicted molar refractivity (Wildman–Crippen MR) is 78.6 cm³/mol. The van der Waals surface area contributed by atoms with E-state index in [9.17, 15) is 0 Å². The number of anilines is 1. The molecular weight excluding hydrogens is 254 g/mol. The second kappa shape index (κ2) is 5.02. The molecule has 1 aromatic heterocycles. The quantitative estimate of drug-likeness (QED) is 0.915. The van der Waals surface area contributed by atoms with Gasteiger partial charge in [0.15, 0.2) is 0 Å². The predicted octanol–water partition coefficient (Wildman–Crippen LogP) is 3.72. The van der Waals surface area contributed by atoms with Crippen molar-refractivity contribution in [3.05, 3.63) is 5.82 Å². The van der Waals surface area contributed by atoms with E-state index in [0.717, 1.165) is 25.7 Å². The molecule has 1 aliphatic rings. The van der Waals surface area contributed by atoms with E-state index >= 15 is 0 Å². The molecule has 5 nitrogen and oxygen atoms in total. The Morgan fingerprint density at radius 3 is 2.25 bits per heavy atom. The van der Waals surface area contributed by atoms with Gasteiger partial charge >= 0.3 is 6.01 Å². The summed E-state index contributed by atoms with van der Waals surface area (Å²) < 4.78 is 11.1. The van der Waals surface area contributed by atoms with Crippen LogP contribution in [-0.4, -0.2) is 22.8 Å². The second-order valence-electron chi connectivity index (χ2n) is 7.66. The Morgan fingerprint density at radius 1 is 1.15 bits per heavy atom. The number of nitrogens with one attached hydrogen (secondary N) is 1. The number of ether oxygens (including phenoxy) is 1. The molecule has 1 saturated carbocycles. The van der Waals surface area contributed by atoms with Gasteiger partial charge in [0.2, 0.25) is 5.82 Å². The summed E-state index contributed by atoms with van der Waals surface area (Å²) in [6.45, 7) is 10.8. The first-order valence-electron chi connectivity index (χ1n) is 7.33. The zero-order chi connectivity index (χ0) is 15.0. The van der Waals surface area contributed by atoms with Crippen LogP contribution >= 0.6 is 0 Å². The van der Waals surface area contributed by atoms with Gasteiger partial charge in [-0.1, -0.05) is 19.0 Å². The molecule has 0 aromatic carbocycles. The highest BCUT2D eigenvalue weighted by molar-refractivity contribution is 5.24. The average molecular weight is 281 g/mol. The van der Waals surface area contributed by atoms with Gasteiger partial charge in [0.1, 0.15) is 5.60 Å². The Bertz CT molecular complexity index is 450. The molecule has 0 amide bonds. The molecule has 1 N–H and O–H groups in total. The third-order valence-electron chi connectivity index (χ3n) is 4.12. The molecule has 0 unspecified atom stereocenters. The second-order valence-corrected chi connectivity index (χ2v) is 7.66. The van der Waals surface area contributed by atoms with Crippen molar-refractivity contribution in [3.63, 3.8) is 0 Å². The summed E-state index contributed by atoms with van der Waals surface area (Å²) in [5.74, 6) is 0.669. The van der Waals surface area contributed by atoms with Crippen LogP contribution in [0.25, 0.3) is 0 Å². The molecule has 1 aliphatic carbocycles. The van der Waals surface area contributed by atoms with E-state index in [2.05, 4.69) is 50.1 Å². The van der Waals surface area contributed by atoms with Crippen LogP contribution in [0.4, 0.5) is 6.01 Å². The SMILES string of the molecule is COC1(c2noc(NC(C)(C)C)n2)CCC(C)(C)CC1. The van der Waals surface area contributed by atoms with Gasteiger partial charge in [-0.05, 0) is 51.9 Å². The van der Waals surface area contributed by atoms with E-state index in [4.69, 9.17) is 9.26 Å². The minimum Gasteiger partial charge on any atom is -0.370 e. The first-order chi connectivity index (χ1) is 9.16. The molecule has 1 fully saturated rings. The standard InChI is InChI=1S/C15H27N3O2/c1-13(2,3)17-12-16-11(18-20-12)15(19-6)9-7-14(4,5)8-10-15/h7-10H2,1-6H3,(H,16,17,18). The molecule has 0 atom stereocenters. The van der Waals surface area contributed by atoms with Gasteiger partial charge in [-0.3, -0.25) is 0 Å². The van der Waals surface area contributed by atoms with Crippen LogP contribution in [0.1, 0.15) is 66.1 Å². The van der Waals surface area contributed by atoms with E-state index in [-0.39, 0.29) is 5.54 Å². The summed E-state index contributed by atoms with van der Waals surface area (Å²) in [6, 6.07) is 0.466. The fourth-order valence-electron chi connectivity index (χ4n) is 2.63. The Morgan fingerprint density at radius 2 is 1.75 bits per heavy atom. The van der Waals surface area contributed by atoms with Crippen molar-refractivity contribution in [2.75, 3.05) is 12.4 Å². The topological polar surface area (TPSA) is 60.2 Å². The van der Waals surface area contributed by atoms with Gasteiger partial charge in [-0.2, -0.15) is 4.98 Å². The summed E-state index contributed by atoms with van der Waals surface area (Å²) in [5, 5.41) is 7.34. The van der Waals surface area contributed by atoms with Gasteiger partial charge < -0.3 is 14.6 Å². The molecule has 0 bridgehead atoms. The van der Waals surface area contributed by atoms with Crippen LogP contribution in [0.15, 0.2) is 4.52 Å². The number of hydrogen-bond acceptors (Lipinski definition) is 5. The van der Waals surface area contributed by atoms with Crippen LogP contribution in [0.5, 0.6) is 0 Å². The van der Waals surface area contributed by atoms with Crippen molar-refractivity contribution in [2.24, 2.45) is 5.41 Å². The molecule has 5 heteroatoms. The molecule has 0 saturated heterocycles. The third-order valence-corrected chi connectivity index (χ3v) is 4.12. The highest BCUT2D eigenvalue weighted by atomic mass is 16.5. The van der Waals surface area contributed by atoms with Crippen molar-refractivity contribution < 1.29 is 9.26 Å². The van der Waals surface area contributed by atoms with Crippen molar-refractivity contribution in [2.45, 2.75) is 71.4 Å². The maximum atomic E-state index is 5.79. The maximum Gasteiger partial charge on any atom is 0.321 e. The normalized spacial score (nSPS) is 21.7. The van der Waals surface area contributed by atoms with E-state index in [1.165, 1.54) is 0 Å². The lowest BCUT2D eigenvalue weighted by molar-refractivity contribution is -0.0740. The third kappa shape index (κ3) is 3.32. The van der Waals surface area contributed by atoms with Crippen molar-refractivity contribution in [3.8, 4) is 0 Å². The lowest BCUT2D eigenvalue weighted by Crippen LogP contribution is -2.37. The molecule has 20 heavy (non-hydrogen) atoms. The van der Waals surface area contributed by atoms with E-state index in [1.807, 2.05) is 0 Å². The maximum absolute atomic E-state index is 5.79. The summed E-state index contributed by atoms with van der Waals surface area (Å²) in [7, 11) is 1.74. The zero-order valence-corrected chi connectivity index (χ0v) is 13.5. The monoisotopic (exact) mass is 281 g/mol. The number of nitrogens with zero attached hydrogens (tertiary/aromatic N) is 2. The molecule has 2 rings (SSSR count). The van der Waals surface area contributed by atoms with E-state index in [0.29, 0.717) is 17.3 Å². The molecular formula is C15H27N3O2. The molecule has 0 aliphatic heterocycles. The van der Waals surface area contributed by atoms with E-state index in [1.54, 1.807) is 7.11 Å². The minimum atomic E-state index is -0.392. The summed E-state index contributed by atoms with van der Waals surface area (Å²) in [5.41, 5.74) is -0.117. The van der Waals surface area contributed by atoms with E-state index < -0.39 is 5.60 Å². The van der Waals surface area contributed by atoms with Crippen LogP contribution in [0, 0.1) is 5.41 Å². The highest BCUT2D eigenvalue weighted by Gasteiger charge is 2.43. The Balaban J connectivity index is 2.17. The first kappa shape index (κ1) is 15.3. The van der Waals surface area contributed by atoms with Gasteiger partial charge in [0.05, 0.1) is 0 Å². The number of methoxy groups -OCH3 is 1. The molecule has 0 spiro atoms. The zero-order valence-electron chi connectivity index (χ0n) is 13.5. The van der Waals surface area contributed by atoms with Crippen molar-refractivity contribution in [1.29, 1.82) is 0 Å². The minimum absolute atomic E-state index is 0.0986. The smallest absolute Gasteiger partial charge is 0.321 e. The van der Waals surface area contributed by atoms with Gasteiger partial charge in [0, 0.05) is 12.6 Å².